The third-order valence-corrected chi connectivity index (χ3v) is 12.1. The normalized spacial score (nSPS) is 12.0. The first-order valence-electron chi connectivity index (χ1n) is 16.7. The Balaban J connectivity index is 1.17. The van der Waals surface area contributed by atoms with Gasteiger partial charge in [0.05, 0.1) is 0 Å². The van der Waals surface area contributed by atoms with Crippen molar-refractivity contribution in [2.75, 3.05) is 4.90 Å². The summed E-state index contributed by atoms with van der Waals surface area (Å²) >= 11 is 3.70. The van der Waals surface area contributed by atoms with Crippen LogP contribution in [0.25, 0.3) is 84.4 Å². The number of benzene rings is 8. The monoisotopic (exact) mass is 674 g/mol. The van der Waals surface area contributed by atoms with Crippen molar-refractivity contribution < 1.29 is 4.42 Å². The second-order valence-corrected chi connectivity index (χ2v) is 14.9. The van der Waals surface area contributed by atoms with Gasteiger partial charge in [0.15, 0.2) is 5.58 Å². The van der Waals surface area contributed by atoms with Crippen LogP contribution in [0.1, 0.15) is 0 Å². The Morgan fingerprint density at radius 3 is 1.86 bits per heavy atom. The van der Waals surface area contributed by atoms with E-state index >= 15 is 0 Å². The van der Waals surface area contributed by atoms with Gasteiger partial charge in [-0.25, -0.2) is 4.98 Å². The summed E-state index contributed by atoms with van der Waals surface area (Å²) in [5, 5.41) is 9.67. The number of fused-ring (bicyclic) bond motifs is 11. The molecule has 0 aliphatic carbocycles. The standard InChI is InChI=1S/C45H26N2OS2/c1-2-8-29(9-3-1)45-46-38-22-17-28-15-14-27-16-18-30(24-36(27)43(28)44(38)48-45)47(31-20-23-41-37(25-31)34-11-5-7-13-40(34)49-41)32-19-21-35-33-10-4-6-12-39(33)50-42(35)26-32/h1-26H. The van der Waals surface area contributed by atoms with Crippen LogP contribution in [0.2, 0.25) is 0 Å². The molecule has 0 aliphatic rings. The summed E-state index contributed by atoms with van der Waals surface area (Å²) in [5.41, 5.74) is 5.97. The molecule has 11 rings (SSSR count). The molecule has 0 atom stereocenters. The van der Waals surface area contributed by atoms with Crippen molar-refractivity contribution in [1.29, 1.82) is 0 Å². The Labute approximate surface area is 294 Å². The van der Waals surface area contributed by atoms with E-state index in [0.717, 1.165) is 55.3 Å². The molecule has 0 radical (unpaired) electrons. The number of hydrogen-bond donors (Lipinski definition) is 0. The van der Waals surface area contributed by atoms with E-state index in [1.165, 1.54) is 40.3 Å². The molecule has 0 amide bonds. The summed E-state index contributed by atoms with van der Waals surface area (Å²) < 4.78 is 11.8. The molecular weight excluding hydrogens is 649 g/mol. The maximum Gasteiger partial charge on any atom is 0.227 e. The van der Waals surface area contributed by atoms with Crippen LogP contribution in [0.5, 0.6) is 0 Å². The predicted octanol–water partition coefficient (Wildman–Crippen LogP) is 14.0. The van der Waals surface area contributed by atoms with Crippen LogP contribution in [0.4, 0.5) is 17.1 Å². The number of thiophene rings is 2. The van der Waals surface area contributed by atoms with E-state index in [9.17, 15) is 0 Å². The van der Waals surface area contributed by atoms with E-state index in [2.05, 4.69) is 132 Å². The van der Waals surface area contributed by atoms with Crippen LogP contribution in [0.15, 0.2) is 162 Å². The third kappa shape index (κ3) is 4.24. The van der Waals surface area contributed by atoms with Crippen molar-refractivity contribution in [2.45, 2.75) is 0 Å². The molecule has 234 valence electrons. The summed E-state index contributed by atoms with van der Waals surface area (Å²) in [5.74, 6) is 0.635. The van der Waals surface area contributed by atoms with E-state index in [1.807, 2.05) is 53.0 Å². The molecular formula is C45H26N2OS2. The molecule has 0 N–H and O–H groups in total. The van der Waals surface area contributed by atoms with Crippen LogP contribution in [-0.2, 0) is 0 Å². The van der Waals surface area contributed by atoms with Gasteiger partial charge in [-0.1, -0.05) is 84.9 Å². The highest BCUT2D eigenvalue weighted by Crippen LogP contribution is 2.45. The summed E-state index contributed by atoms with van der Waals surface area (Å²) in [6.07, 6.45) is 0. The van der Waals surface area contributed by atoms with Crippen molar-refractivity contribution in [3.05, 3.63) is 158 Å². The molecule has 0 spiro atoms. The lowest BCUT2D eigenvalue weighted by molar-refractivity contribution is 0.623. The first-order chi connectivity index (χ1) is 24.7. The lowest BCUT2D eigenvalue weighted by Crippen LogP contribution is -2.09. The van der Waals surface area contributed by atoms with Gasteiger partial charge in [0.1, 0.15) is 5.52 Å². The van der Waals surface area contributed by atoms with Gasteiger partial charge in [-0.3, -0.25) is 0 Å². The van der Waals surface area contributed by atoms with Crippen LogP contribution in [0.3, 0.4) is 0 Å². The molecule has 0 saturated heterocycles. The molecule has 11 aromatic rings. The first kappa shape index (κ1) is 27.9. The van der Waals surface area contributed by atoms with E-state index in [-0.39, 0.29) is 0 Å². The van der Waals surface area contributed by atoms with Gasteiger partial charge in [0.2, 0.25) is 5.89 Å². The fourth-order valence-corrected chi connectivity index (χ4v) is 9.73. The van der Waals surface area contributed by atoms with E-state index in [0.29, 0.717) is 5.89 Å². The lowest BCUT2D eigenvalue weighted by Gasteiger charge is -2.26. The molecule has 3 nitrogen and oxygen atoms in total. The zero-order chi connectivity index (χ0) is 32.8. The number of hydrogen-bond acceptors (Lipinski definition) is 5. The smallest absolute Gasteiger partial charge is 0.227 e. The van der Waals surface area contributed by atoms with Gasteiger partial charge in [0, 0.05) is 68.4 Å². The third-order valence-electron chi connectivity index (χ3n) is 9.86. The summed E-state index contributed by atoms with van der Waals surface area (Å²) in [6.45, 7) is 0. The van der Waals surface area contributed by atoms with E-state index in [1.54, 1.807) is 0 Å². The maximum atomic E-state index is 6.58. The van der Waals surface area contributed by atoms with Crippen molar-refractivity contribution in [3.63, 3.8) is 0 Å². The molecule has 0 bridgehead atoms. The van der Waals surface area contributed by atoms with Gasteiger partial charge in [0.25, 0.3) is 0 Å². The van der Waals surface area contributed by atoms with Crippen molar-refractivity contribution >= 4 is 113 Å². The molecule has 3 heterocycles. The molecule has 0 unspecified atom stereocenters. The Bertz CT molecular complexity index is 3120. The second kappa shape index (κ2) is 10.7. The van der Waals surface area contributed by atoms with Crippen molar-refractivity contribution in [2.24, 2.45) is 0 Å². The number of rotatable bonds is 4. The topological polar surface area (TPSA) is 29.3 Å². The fraction of sp³-hybridized carbons (Fsp3) is 0. The van der Waals surface area contributed by atoms with Gasteiger partial charge in [-0.2, -0.15) is 0 Å². The van der Waals surface area contributed by atoms with Crippen molar-refractivity contribution in [3.8, 4) is 11.5 Å². The van der Waals surface area contributed by atoms with Gasteiger partial charge >= 0.3 is 0 Å². The fourth-order valence-electron chi connectivity index (χ4n) is 7.51. The average molecular weight is 675 g/mol. The van der Waals surface area contributed by atoms with E-state index in [4.69, 9.17) is 9.40 Å². The van der Waals surface area contributed by atoms with Gasteiger partial charge in [-0.05, 0) is 89.0 Å². The summed E-state index contributed by atoms with van der Waals surface area (Å²) in [7, 11) is 0. The zero-order valence-electron chi connectivity index (χ0n) is 26.6. The molecule has 8 aromatic carbocycles. The Hall–Kier alpha value is -6.01. The van der Waals surface area contributed by atoms with Crippen LogP contribution in [0, 0.1) is 0 Å². The minimum Gasteiger partial charge on any atom is -0.435 e. The Kier molecular flexibility index (Phi) is 5.99. The van der Waals surface area contributed by atoms with Crippen LogP contribution >= 0.6 is 22.7 Å². The van der Waals surface area contributed by atoms with Crippen molar-refractivity contribution in [1.82, 2.24) is 4.98 Å². The second-order valence-electron chi connectivity index (χ2n) is 12.8. The molecule has 3 aromatic heterocycles. The maximum absolute atomic E-state index is 6.58. The molecule has 0 fully saturated rings. The minimum absolute atomic E-state index is 0.635. The Morgan fingerprint density at radius 1 is 0.440 bits per heavy atom. The zero-order valence-corrected chi connectivity index (χ0v) is 28.3. The SMILES string of the molecule is c1ccc(-c2nc3ccc4ccc5ccc(N(c6ccc7c(c6)sc6ccccc67)c6ccc7sc8ccccc8c7c6)cc5c4c3o2)cc1. The highest BCUT2D eigenvalue weighted by molar-refractivity contribution is 7.26. The molecule has 5 heteroatoms. The Morgan fingerprint density at radius 2 is 1.02 bits per heavy atom. The average Bonchev–Trinajstić information content (AvgIpc) is 3.88. The summed E-state index contributed by atoms with van der Waals surface area (Å²) in [4.78, 5) is 7.32. The number of aromatic nitrogens is 1. The number of anilines is 3. The summed E-state index contributed by atoms with van der Waals surface area (Å²) in [6, 6.07) is 56.8. The van der Waals surface area contributed by atoms with Crippen LogP contribution in [-0.4, -0.2) is 4.98 Å². The highest BCUT2D eigenvalue weighted by Gasteiger charge is 2.19. The van der Waals surface area contributed by atoms with E-state index < -0.39 is 0 Å². The first-order valence-corrected chi connectivity index (χ1v) is 18.3. The molecule has 0 aliphatic heterocycles. The lowest BCUT2D eigenvalue weighted by atomic mass is 10.00. The quantitative estimate of drug-likeness (QED) is 0.174. The highest BCUT2D eigenvalue weighted by atomic mass is 32.1. The van der Waals surface area contributed by atoms with Crippen LogP contribution < -0.4 is 4.90 Å². The molecule has 50 heavy (non-hydrogen) atoms. The number of oxazole rings is 1. The molecule has 0 saturated carbocycles. The predicted molar refractivity (Wildman–Crippen MR) is 215 cm³/mol. The van der Waals surface area contributed by atoms with Gasteiger partial charge < -0.3 is 9.32 Å². The number of nitrogens with zero attached hydrogens (tertiary/aromatic N) is 2. The van der Waals surface area contributed by atoms with Gasteiger partial charge in [-0.15, -0.1) is 22.7 Å². The largest absolute Gasteiger partial charge is 0.435 e. The minimum atomic E-state index is 0.635.